The van der Waals surface area contributed by atoms with Crippen LogP contribution in [0.25, 0.3) is 0 Å². The Morgan fingerprint density at radius 1 is 1.36 bits per heavy atom. The number of hydrogen-bond donors (Lipinski definition) is 3. The Hall–Kier alpha value is -1.86. The van der Waals surface area contributed by atoms with Gasteiger partial charge >= 0.3 is 6.36 Å². The summed E-state index contributed by atoms with van der Waals surface area (Å²) in [5.41, 5.74) is 8.63. The van der Waals surface area contributed by atoms with Crippen LogP contribution >= 0.6 is 0 Å². The first-order valence-corrected chi connectivity index (χ1v) is 3.33. The van der Waals surface area contributed by atoms with Crippen molar-refractivity contribution in [2.45, 2.75) is 6.36 Å². The summed E-state index contributed by atoms with van der Waals surface area (Å²) in [6.45, 7) is 0. The van der Waals surface area contributed by atoms with Crippen LogP contribution in [-0.2, 0) is 0 Å². The highest BCUT2D eigenvalue weighted by molar-refractivity contribution is 5.56. The second kappa shape index (κ2) is 3.13. The van der Waals surface area contributed by atoms with Gasteiger partial charge in [0.15, 0.2) is 0 Å². The molecule has 0 saturated heterocycles. The smallest absolute Gasteiger partial charge is 0.398 e. The van der Waals surface area contributed by atoms with E-state index in [1.807, 2.05) is 4.98 Å². The van der Waals surface area contributed by atoms with E-state index in [0.29, 0.717) is 0 Å². The number of nitrogen functional groups attached to an aromatic ring is 2. The molecule has 0 amide bonds. The third-order valence-corrected chi connectivity index (χ3v) is 1.26. The molecule has 1 aromatic rings. The molecule has 0 saturated carbocycles. The number of pyridine rings is 1. The topological polar surface area (TPSA) is 94.1 Å². The molecule has 14 heavy (non-hydrogen) atoms. The van der Waals surface area contributed by atoms with Crippen LogP contribution in [-0.4, -0.2) is 11.3 Å². The number of hydrogen-bond acceptors (Lipinski definition) is 4. The quantitative estimate of drug-likeness (QED) is 0.625. The van der Waals surface area contributed by atoms with Crippen molar-refractivity contribution in [2.24, 2.45) is 0 Å². The van der Waals surface area contributed by atoms with Crippen LogP contribution in [0.3, 0.4) is 0 Å². The van der Waals surface area contributed by atoms with Crippen molar-refractivity contribution in [3.63, 3.8) is 0 Å². The van der Waals surface area contributed by atoms with Gasteiger partial charge in [-0.3, -0.25) is 4.79 Å². The van der Waals surface area contributed by atoms with Gasteiger partial charge in [-0.25, -0.2) is 0 Å². The maximum Gasteiger partial charge on any atom is 0.573 e. The third-order valence-electron chi connectivity index (χ3n) is 1.26. The zero-order valence-corrected chi connectivity index (χ0v) is 6.68. The fraction of sp³-hybridized carbons (Fsp3) is 0.167. The zero-order chi connectivity index (χ0) is 10.9. The summed E-state index contributed by atoms with van der Waals surface area (Å²) in [5.74, 6) is -1.14. The molecular weight excluding hydrogens is 203 g/mol. The van der Waals surface area contributed by atoms with Crippen LogP contribution in [0, 0.1) is 0 Å². The molecule has 0 atom stereocenters. The number of halogens is 3. The summed E-state index contributed by atoms with van der Waals surface area (Å²) in [4.78, 5) is 12.8. The molecule has 0 aliphatic heterocycles. The van der Waals surface area contributed by atoms with E-state index in [-0.39, 0.29) is 5.82 Å². The average Bonchev–Trinajstić information content (AvgIpc) is 1.95. The van der Waals surface area contributed by atoms with Crippen molar-refractivity contribution in [3.05, 3.63) is 16.4 Å². The summed E-state index contributed by atoms with van der Waals surface area (Å²) >= 11 is 0. The van der Waals surface area contributed by atoms with E-state index in [2.05, 4.69) is 4.74 Å². The minimum absolute atomic E-state index is 0.137. The van der Waals surface area contributed by atoms with Crippen LogP contribution in [0.2, 0.25) is 0 Å². The number of H-pyrrole nitrogens is 1. The Kier molecular flexibility index (Phi) is 2.28. The van der Waals surface area contributed by atoms with E-state index in [0.717, 1.165) is 6.07 Å². The van der Waals surface area contributed by atoms with Gasteiger partial charge in [-0.2, -0.15) is 0 Å². The van der Waals surface area contributed by atoms with Crippen LogP contribution < -0.4 is 21.8 Å². The second-order valence-electron chi connectivity index (χ2n) is 2.39. The van der Waals surface area contributed by atoms with Gasteiger partial charge in [-0.05, 0) is 0 Å². The molecule has 0 aromatic carbocycles. The molecule has 0 aliphatic rings. The molecule has 1 rings (SSSR count). The first-order chi connectivity index (χ1) is 6.29. The van der Waals surface area contributed by atoms with Gasteiger partial charge in [0.2, 0.25) is 5.75 Å². The predicted octanol–water partition coefficient (Wildman–Crippen LogP) is 0.438. The van der Waals surface area contributed by atoms with Crippen molar-refractivity contribution >= 4 is 11.5 Å². The van der Waals surface area contributed by atoms with Gasteiger partial charge < -0.3 is 21.2 Å². The summed E-state index contributed by atoms with van der Waals surface area (Å²) in [5, 5.41) is 0. The van der Waals surface area contributed by atoms with Crippen molar-refractivity contribution < 1.29 is 17.9 Å². The monoisotopic (exact) mass is 209 g/mol. The normalized spacial score (nSPS) is 11.4. The molecule has 0 aliphatic carbocycles. The Morgan fingerprint density at radius 2 is 1.93 bits per heavy atom. The molecule has 8 heteroatoms. The number of alkyl halides is 3. The second-order valence-corrected chi connectivity index (χ2v) is 2.39. The zero-order valence-electron chi connectivity index (χ0n) is 6.68. The highest BCUT2D eigenvalue weighted by Gasteiger charge is 2.33. The Balaban J connectivity index is 3.16. The number of nitrogens with one attached hydrogen (secondary N) is 1. The van der Waals surface area contributed by atoms with Crippen LogP contribution in [0.5, 0.6) is 5.75 Å². The molecule has 0 bridgehead atoms. The lowest BCUT2D eigenvalue weighted by Gasteiger charge is -2.09. The highest BCUT2D eigenvalue weighted by Crippen LogP contribution is 2.24. The summed E-state index contributed by atoms with van der Waals surface area (Å²) in [6.07, 6.45) is -4.96. The van der Waals surface area contributed by atoms with Gasteiger partial charge in [-0.15, -0.1) is 13.2 Å². The molecule has 5 nitrogen and oxygen atoms in total. The van der Waals surface area contributed by atoms with Gasteiger partial charge in [0.05, 0.1) is 5.69 Å². The average molecular weight is 209 g/mol. The summed E-state index contributed by atoms with van der Waals surface area (Å²) < 4.78 is 38.6. The van der Waals surface area contributed by atoms with E-state index in [9.17, 15) is 18.0 Å². The molecule has 1 heterocycles. The van der Waals surface area contributed by atoms with E-state index >= 15 is 0 Å². The Bertz CT molecular complexity index is 398. The minimum atomic E-state index is -4.96. The van der Waals surface area contributed by atoms with E-state index < -0.39 is 23.4 Å². The predicted molar refractivity (Wildman–Crippen MR) is 42.6 cm³/mol. The minimum Gasteiger partial charge on any atom is -0.398 e. The van der Waals surface area contributed by atoms with Gasteiger partial charge in [0.1, 0.15) is 5.82 Å². The molecule has 78 valence electrons. The number of rotatable bonds is 1. The van der Waals surface area contributed by atoms with Crippen molar-refractivity contribution in [3.8, 4) is 5.75 Å². The van der Waals surface area contributed by atoms with E-state index in [1.54, 1.807) is 0 Å². The van der Waals surface area contributed by atoms with Gasteiger partial charge in [-0.1, -0.05) is 0 Å². The van der Waals surface area contributed by atoms with Crippen LogP contribution in [0.4, 0.5) is 24.7 Å². The largest absolute Gasteiger partial charge is 0.573 e. The molecule has 0 fully saturated rings. The van der Waals surface area contributed by atoms with Crippen molar-refractivity contribution in [1.82, 2.24) is 4.98 Å². The number of ether oxygens (including phenoxy) is 1. The highest BCUT2D eigenvalue weighted by atomic mass is 19.4. The Morgan fingerprint density at radius 3 is 2.36 bits per heavy atom. The van der Waals surface area contributed by atoms with Crippen LogP contribution in [0.15, 0.2) is 10.9 Å². The first kappa shape index (κ1) is 10.2. The molecule has 0 unspecified atom stereocenters. The molecule has 0 radical (unpaired) electrons. The molecular formula is C6H6F3N3O2. The third kappa shape index (κ3) is 2.31. The fourth-order valence-electron chi connectivity index (χ4n) is 0.809. The van der Waals surface area contributed by atoms with E-state index in [1.165, 1.54) is 0 Å². The van der Waals surface area contributed by atoms with Crippen molar-refractivity contribution in [2.75, 3.05) is 11.5 Å². The van der Waals surface area contributed by atoms with Crippen LogP contribution in [0.1, 0.15) is 0 Å². The maximum absolute atomic E-state index is 11.7. The standard InChI is InChI=1S/C6H6F3N3O2/c7-6(8,9)14-4-2(10)1-3(11)12-5(4)13/h1H,(H5,10,11,12,13). The molecule has 0 spiro atoms. The summed E-state index contributed by atoms with van der Waals surface area (Å²) in [6, 6.07) is 0.961. The maximum atomic E-state index is 11.7. The molecule has 1 aromatic heterocycles. The lowest BCUT2D eigenvalue weighted by atomic mass is 10.3. The summed E-state index contributed by atoms with van der Waals surface area (Å²) in [7, 11) is 0. The first-order valence-electron chi connectivity index (χ1n) is 3.33. The lowest BCUT2D eigenvalue weighted by molar-refractivity contribution is -0.274. The lowest BCUT2D eigenvalue weighted by Crippen LogP contribution is -2.24. The fourth-order valence-corrected chi connectivity index (χ4v) is 0.809. The number of nitrogens with two attached hydrogens (primary N) is 2. The SMILES string of the molecule is Nc1cc(N)c(OC(F)(F)F)c(=O)[nH]1. The Labute approximate surface area is 75.5 Å². The number of aromatic nitrogens is 1. The number of anilines is 2. The van der Waals surface area contributed by atoms with Gasteiger partial charge in [0, 0.05) is 6.07 Å². The number of aromatic amines is 1. The van der Waals surface area contributed by atoms with E-state index in [4.69, 9.17) is 11.5 Å². The van der Waals surface area contributed by atoms with Gasteiger partial charge in [0.25, 0.3) is 5.56 Å². The van der Waals surface area contributed by atoms with Crippen molar-refractivity contribution in [1.29, 1.82) is 0 Å². The molecule has 5 N–H and O–H groups in total.